The van der Waals surface area contributed by atoms with E-state index in [1.165, 1.54) is 19.1 Å². The highest BCUT2D eigenvalue weighted by atomic mass is 16.6. The van der Waals surface area contributed by atoms with Crippen LogP contribution in [0.2, 0.25) is 0 Å². The summed E-state index contributed by atoms with van der Waals surface area (Å²) in [6.45, 7) is 9.36. The van der Waals surface area contributed by atoms with Gasteiger partial charge in [0.25, 0.3) is 0 Å². The Morgan fingerprint density at radius 3 is 2.59 bits per heavy atom. The number of cyclic esters (lactones) is 1. The first-order valence-corrected chi connectivity index (χ1v) is 14.3. The van der Waals surface area contributed by atoms with Crippen molar-refractivity contribution in [3.05, 3.63) is 47.6 Å². The minimum absolute atomic E-state index is 0.0522. The molecule has 41 heavy (non-hydrogen) atoms. The van der Waals surface area contributed by atoms with Crippen LogP contribution in [0, 0.1) is 10.8 Å². The van der Waals surface area contributed by atoms with Gasteiger partial charge in [0.15, 0.2) is 0 Å². The predicted octanol–water partition coefficient (Wildman–Crippen LogP) is 2.88. The maximum absolute atomic E-state index is 13.1. The third-order valence-electron chi connectivity index (χ3n) is 9.62. The van der Waals surface area contributed by atoms with Gasteiger partial charge < -0.3 is 33.5 Å². The zero-order chi connectivity index (χ0) is 29.6. The Bertz CT molecular complexity index is 1190. The van der Waals surface area contributed by atoms with Gasteiger partial charge in [-0.3, -0.25) is 4.79 Å². The average Bonchev–Trinajstić information content (AvgIpc) is 3.67. The van der Waals surface area contributed by atoms with E-state index in [1.54, 1.807) is 25.2 Å². The van der Waals surface area contributed by atoms with Crippen LogP contribution in [0.4, 0.5) is 0 Å². The lowest BCUT2D eigenvalue weighted by Crippen LogP contribution is -2.68. The lowest BCUT2D eigenvalue weighted by Gasteiger charge is -2.59. The van der Waals surface area contributed by atoms with Crippen LogP contribution in [0.5, 0.6) is 0 Å². The predicted molar refractivity (Wildman–Crippen MR) is 145 cm³/mol. The third kappa shape index (κ3) is 5.20. The number of ether oxygens (including phenoxy) is 6. The normalized spacial score (nSPS) is 41.7. The molecule has 9 atom stereocenters. The third-order valence-corrected chi connectivity index (χ3v) is 9.62. The number of hydrogen-bond donors (Lipinski definition) is 1. The number of rotatable bonds is 2. The van der Waals surface area contributed by atoms with Gasteiger partial charge in [0, 0.05) is 31.9 Å². The molecule has 0 aromatic rings. The molecule has 224 valence electrons. The second-order valence-corrected chi connectivity index (χ2v) is 12.1. The van der Waals surface area contributed by atoms with Gasteiger partial charge in [-0.05, 0) is 32.8 Å². The number of esters is 3. The summed E-state index contributed by atoms with van der Waals surface area (Å²) in [5, 5.41) is 10.1. The molecule has 3 aliphatic heterocycles. The maximum Gasteiger partial charge on any atom is 0.331 e. The largest absolute Gasteiger partial charge is 0.462 e. The van der Waals surface area contributed by atoms with Crippen molar-refractivity contribution in [2.75, 3.05) is 19.8 Å². The molecule has 3 fully saturated rings. The van der Waals surface area contributed by atoms with Crippen molar-refractivity contribution in [3.63, 3.8) is 0 Å². The van der Waals surface area contributed by atoms with Crippen molar-refractivity contribution in [2.45, 2.75) is 96.1 Å². The molecule has 1 saturated carbocycles. The molecule has 5 aliphatic rings. The number of aliphatic hydroxyl groups is 1. The molecule has 5 rings (SSSR count). The summed E-state index contributed by atoms with van der Waals surface area (Å²) in [6, 6.07) is 0. The van der Waals surface area contributed by atoms with Crippen molar-refractivity contribution in [1.29, 1.82) is 0 Å². The minimum Gasteiger partial charge on any atom is -0.462 e. The first kappa shape index (κ1) is 29.7. The molecule has 3 heterocycles. The second-order valence-electron chi connectivity index (χ2n) is 12.1. The van der Waals surface area contributed by atoms with Gasteiger partial charge >= 0.3 is 17.9 Å². The fourth-order valence-corrected chi connectivity index (χ4v) is 7.17. The summed E-state index contributed by atoms with van der Waals surface area (Å²) in [5.41, 5.74) is -0.846. The van der Waals surface area contributed by atoms with E-state index in [2.05, 4.69) is 0 Å². The van der Waals surface area contributed by atoms with Gasteiger partial charge in [0.05, 0.1) is 42.4 Å². The van der Waals surface area contributed by atoms with E-state index in [0.717, 1.165) is 11.1 Å². The molecule has 0 radical (unpaired) electrons. The number of epoxide rings is 1. The topological polar surface area (TPSA) is 130 Å². The van der Waals surface area contributed by atoms with Gasteiger partial charge in [-0.1, -0.05) is 36.8 Å². The van der Waals surface area contributed by atoms with Gasteiger partial charge in [-0.25, -0.2) is 9.59 Å². The number of hydrogen-bond acceptors (Lipinski definition) is 10. The molecular weight excluding hydrogens is 532 g/mol. The Labute approximate surface area is 240 Å². The number of carbonyl (C=O) groups excluding carboxylic acids is 3. The molecule has 0 aromatic heterocycles. The Morgan fingerprint density at radius 1 is 1.15 bits per heavy atom. The van der Waals surface area contributed by atoms with E-state index >= 15 is 0 Å². The lowest BCUT2D eigenvalue weighted by atomic mass is 9.51. The first-order valence-electron chi connectivity index (χ1n) is 14.3. The van der Waals surface area contributed by atoms with Crippen LogP contribution in [0.25, 0.3) is 0 Å². The van der Waals surface area contributed by atoms with Crippen LogP contribution in [-0.4, -0.2) is 85.1 Å². The Kier molecular flexibility index (Phi) is 8.06. The van der Waals surface area contributed by atoms with Crippen molar-refractivity contribution in [1.82, 2.24) is 0 Å². The van der Waals surface area contributed by atoms with E-state index in [4.69, 9.17) is 28.4 Å². The van der Waals surface area contributed by atoms with E-state index < -0.39 is 64.9 Å². The summed E-state index contributed by atoms with van der Waals surface area (Å²) in [4.78, 5) is 38.2. The highest BCUT2D eigenvalue weighted by Crippen LogP contribution is 2.72. The quantitative estimate of drug-likeness (QED) is 0.228. The van der Waals surface area contributed by atoms with Gasteiger partial charge in [0.1, 0.15) is 30.5 Å². The fourth-order valence-electron chi connectivity index (χ4n) is 7.17. The number of aliphatic hydroxyl groups excluding tert-OH is 1. The summed E-state index contributed by atoms with van der Waals surface area (Å²) in [7, 11) is 0. The SMILES string of the molecule is CC(=O)O[C@H]1C[C@@]23COC(=O)C=C(C)CCO[C@@H]([C@@H](C)O)C=CC=CC(=O)O[C@@H]4C[C@@H](O[C@@H]2C=C1C)C1(CO1)[C@]43C. The molecule has 1 N–H and O–H groups in total. The monoisotopic (exact) mass is 572 g/mol. The molecule has 2 aliphatic carbocycles. The van der Waals surface area contributed by atoms with Crippen LogP contribution < -0.4 is 0 Å². The Hall–Kier alpha value is -2.79. The Morgan fingerprint density at radius 2 is 1.90 bits per heavy atom. The molecule has 10 nitrogen and oxygen atoms in total. The minimum atomic E-state index is -0.916. The van der Waals surface area contributed by atoms with Gasteiger partial charge in [-0.2, -0.15) is 0 Å². The van der Waals surface area contributed by atoms with Crippen molar-refractivity contribution in [2.24, 2.45) is 10.8 Å². The highest BCUT2D eigenvalue weighted by molar-refractivity contribution is 5.83. The van der Waals surface area contributed by atoms with Gasteiger partial charge in [0.2, 0.25) is 0 Å². The fraction of sp³-hybridized carbons (Fsp3) is 0.645. The van der Waals surface area contributed by atoms with Crippen molar-refractivity contribution < 1.29 is 47.9 Å². The van der Waals surface area contributed by atoms with E-state index in [-0.39, 0.29) is 19.3 Å². The molecule has 0 aromatic carbocycles. The Balaban J connectivity index is 1.55. The summed E-state index contributed by atoms with van der Waals surface area (Å²) >= 11 is 0. The standard InChI is InChI=1S/C31H40O10/c1-18-10-11-36-22(20(3)32)8-6-7-9-27(34)41-24-14-26-31(17-38-31)29(24,5)30(16-37-28(35)12-18)15-23(39-21(4)33)19(2)13-25(30)40-26/h6-9,12-13,20,22-26,32H,10-11,14-17H2,1-5H3/t20-,22-,23+,24-,25-,26-,29-,30-,31?/m1/s1. The van der Waals surface area contributed by atoms with Crippen LogP contribution in [0.3, 0.4) is 0 Å². The second kappa shape index (κ2) is 11.1. The molecule has 2 bridgehead atoms. The van der Waals surface area contributed by atoms with Crippen LogP contribution in [-0.2, 0) is 42.8 Å². The first-order chi connectivity index (χ1) is 19.4. The zero-order valence-corrected chi connectivity index (χ0v) is 24.3. The summed E-state index contributed by atoms with van der Waals surface area (Å²) in [6.07, 6.45) is 7.43. The molecule has 10 heteroatoms. The molecule has 0 amide bonds. The van der Waals surface area contributed by atoms with Crippen molar-refractivity contribution in [3.8, 4) is 0 Å². The molecular formula is C31H40O10. The molecule has 1 unspecified atom stereocenters. The molecule has 2 saturated heterocycles. The smallest absolute Gasteiger partial charge is 0.331 e. The number of allylic oxidation sites excluding steroid dienone is 2. The van der Waals surface area contributed by atoms with E-state index in [1.807, 2.05) is 26.8 Å². The highest BCUT2D eigenvalue weighted by Gasteiger charge is 2.83. The van der Waals surface area contributed by atoms with Crippen molar-refractivity contribution >= 4 is 17.9 Å². The summed E-state index contributed by atoms with van der Waals surface area (Å²) < 4.78 is 36.3. The maximum atomic E-state index is 13.1. The zero-order valence-electron chi connectivity index (χ0n) is 24.3. The van der Waals surface area contributed by atoms with E-state index in [0.29, 0.717) is 25.9 Å². The van der Waals surface area contributed by atoms with Crippen LogP contribution >= 0.6 is 0 Å². The lowest BCUT2D eigenvalue weighted by molar-refractivity contribution is -0.239. The van der Waals surface area contributed by atoms with E-state index in [9.17, 15) is 19.5 Å². The summed E-state index contributed by atoms with van der Waals surface area (Å²) in [5.74, 6) is -1.48. The number of carbonyl (C=O) groups is 3. The van der Waals surface area contributed by atoms with Crippen LogP contribution in [0.15, 0.2) is 47.6 Å². The average molecular weight is 573 g/mol. The van der Waals surface area contributed by atoms with Crippen LogP contribution in [0.1, 0.15) is 53.9 Å². The van der Waals surface area contributed by atoms with Gasteiger partial charge in [-0.15, -0.1) is 0 Å². The molecule has 2 spiro atoms.